The fourth-order valence-corrected chi connectivity index (χ4v) is 3.98. The Morgan fingerprint density at radius 2 is 1.96 bits per heavy atom. The Balaban J connectivity index is 1.58. The Bertz CT molecular complexity index is 444. The molecule has 1 atom stereocenters. The summed E-state index contributed by atoms with van der Waals surface area (Å²) in [6.45, 7) is 6.72. The minimum atomic E-state index is -0.675. The first-order valence-electron chi connectivity index (χ1n) is 9.01. The molecule has 3 rings (SSSR count). The number of amides is 2. The topological polar surface area (TPSA) is 61.9 Å². The molecule has 2 amide bonds. The average Bonchev–Trinajstić information content (AvgIpc) is 3.16. The highest BCUT2D eigenvalue weighted by Gasteiger charge is 2.47. The molecule has 0 radical (unpaired) electrons. The molecular formula is C17H29N3O3. The van der Waals surface area contributed by atoms with E-state index in [0.29, 0.717) is 25.4 Å². The van der Waals surface area contributed by atoms with Crippen LogP contribution in [0.2, 0.25) is 0 Å². The second kappa shape index (κ2) is 7.18. The molecule has 2 aliphatic heterocycles. The van der Waals surface area contributed by atoms with E-state index in [4.69, 9.17) is 4.74 Å². The van der Waals surface area contributed by atoms with Crippen LogP contribution in [0.25, 0.3) is 0 Å². The number of hydrogen-bond donors (Lipinski definition) is 1. The van der Waals surface area contributed by atoms with Gasteiger partial charge in [-0.25, -0.2) is 0 Å². The molecule has 0 aromatic rings. The SMILES string of the molecule is CC1(C(=O)NC2CCCC2)CCC(=O)N1CCN1CCOCC1. The monoisotopic (exact) mass is 323 g/mol. The van der Waals surface area contributed by atoms with Crippen molar-refractivity contribution >= 4 is 11.8 Å². The molecule has 2 saturated heterocycles. The van der Waals surface area contributed by atoms with Crippen LogP contribution in [0.1, 0.15) is 45.4 Å². The molecule has 6 heteroatoms. The van der Waals surface area contributed by atoms with E-state index in [2.05, 4.69) is 10.2 Å². The predicted molar refractivity (Wildman–Crippen MR) is 87.0 cm³/mol. The van der Waals surface area contributed by atoms with Crippen molar-refractivity contribution in [3.63, 3.8) is 0 Å². The summed E-state index contributed by atoms with van der Waals surface area (Å²) in [6.07, 6.45) is 5.65. The highest BCUT2D eigenvalue weighted by atomic mass is 16.5. The highest BCUT2D eigenvalue weighted by molar-refractivity contribution is 5.94. The first-order chi connectivity index (χ1) is 11.1. The summed E-state index contributed by atoms with van der Waals surface area (Å²) < 4.78 is 5.36. The second-order valence-electron chi connectivity index (χ2n) is 7.23. The minimum absolute atomic E-state index is 0.0391. The first kappa shape index (κ1) is 16.7. The van der Waals surface area contributed by atoms with Gasteiger partial charge in [0.15, 0.2) is 0 Å². The van der Waals surface area contributed by atoms with E-state index in [-0.39, 0.29) is 11.8 Å². The zero-order valence-electron chi connectivity index (χ0n) is 14.2. The van der Waals surface area contributed by atoms with Crippen molar-refractivity contribution in [1.82, 2.24) is 15.1 Å². The van der Waals surface area contributed by atoms with Crippen molar-refractivity contribution in [2.75, 3.05) is 39.4 Å². The number of carbonyl (C=O) groups excluding carboxylic acids is 2. The van der Waals surface area contributed by atoms with Gasteiger partial charge in [0.25, 0.3) is 0 Å². The van der Waals surface area contributed by atoms with Crippen LogP contribution in [0.3, 0.4) is 0 Å². The van der Waals surface area contributed by atoms with Crippen LogP contribution in [-0.2, 0) is 14.3 Å². The van der Waals surface area contributed by atoms with E-state index in [1.807, 2.05) is 11.8 Å². The fraction of sp³-hybridized carbons (Fsp3) is 0.882. The molecule has 0 spiro atoms. The predicted octanol–water partition coefficient (Wildman–Crippen LogP) is 0.758. The van der Waals surface area contributed by atoms with Crippen molar-refractivity contribution in [1.29, 1.82) is 0 Å². The van der Waals surface area contributed by atoms with E-state index >= 15 is 0 Å². The van der Waals surface area contributed by atoms with E-state index in [1.165, 1.54) is 12.8 Å². The van der Waals surface area contributed by atoms with Gasteiger partial charge in [-0.3, -0.25) is 14.5 Å². The quantitative estimate of drug-likeness (QED) is 0.811. The molecule has 6 nitrogen and oxygen atoms in total. The molecule has 1 aliphatic carbocycles. The van der Waals surface area contributed by atoms with E-state index in [1.54, 1.807) is 0 Å². The maximum absolute atomic E-state index is 12.8. The molecule has 1 N–H and O–H groups in total. The lowest BCUT2D eigenvalue weighted by molar-refractivity contribution is -0.141. The molecule has 1 saturated carbocycles. The molecule has 3 fully saturated rings. The summed E-state index contributed by atoms with van der Waals surface area (Å²) in [5.41, 5.74) is -0.675. The zero-order chi connectivity index (χ0) is 16.3. The zero-order valence-corrected chi connectivity index (χ0v) is 14.2. The van der Waals surface area contributed by atoms with E-state index < -0.39 is 5.54 Å². The van der Waals surface area contributed by atoms with Crippen LogP contribution >= 0.6 is 0 Å². The molecule has 1 unspecified atom stereocenters. The van der Waals surface area contributed by atoms with Gasteiger partial charge in [0, 0.05) is 38.6 Å². The normalized spacial score (nSPS) is 30.1. The number of rotatable bonds is 5. The van der Waals surface area contributed by atoms with Crippen LogP contribution in [0.5, 0.6) is 0 Å². The fourth-order valence-electron chi connectivity index (χ4n) is 3.98. The molecule has 2 heterocycles. The lowest BCUT2D eigenvalue weighted by atomic mass is 9.97. The lowest BCUT2D eigenvalue weighted by Crippen LogP contribution is -2.57. The van der Waals surface area contributed by atoms with Crippen LogP contribution in [0.4, 0.5) is 0 Å². The van der Waals surface area contributed by atoms with Crippen LogP contribution in [0, 0.1) is 0 Å². The number of nitrogens with zero attached hydrogens (tertiary/aromatic N) is 2. The molecule has 0 aromatic carbocycles. The minimum Gasteiger partial charge on any atom is -0.379 e. The lowest BCUT2D eigenvalue weighted by Gasteiger charge is -2.37. The van der Waals surface area contributed by atoms with Crippen molar-refractivity contribution in [3.8, 4) is 0 Å². The number of carbonyl (C=O) groups is 2. The summed E-state index contributed by atoms with van der Waals surface area (Å²) >= 11 is 0. The Kier molecular flexibility index (Phi) is 5.21. The van der Waals surface area contributed by atoms with Gasteiger partial charge in [0.2, 0.25) is 11.8 Å². The van der Waals surface area contributed by atoms with Crippen molar-refractivity contribution in [2.45, 2.75) is 57.0 Å². The maximum Gasteiger partial charge on any atom is 0.245 e. The van der Waals surface area contributed by atoms with Gasteiger partial charge in [-0.2, -0.15) is 0 Å². The average molecular weight is 323 g/mol. The highest BCUT2D eigenvalue weighted by Crippen LogP contribution is 2.31. The molecular weight excluding hydrogens is 294 g/mol. The largest absolute Gasteiger partial charge is 0.379 e. The molecule has 0 bridgehead atoms. The van der Waals surface area contributed by atoms with Crippen molar-refractivity contribution in [2.24, 2.45) is 0 Å². The molecule has 0 aromatic heterocycles. The van der Waals surface area contributed by atoms with E-state index in [9.17, 15) is 9.59 Å². The van der Waals surface area contributed by atoms with Gasteiger partial charge in [0.05, 0.1) is 13.2 Å². The molecule has 3 aliphatic rings. The van der Waals surface area contributed by atoms with E-state index in [0.717, 1.165) is 45.7 Å². The number of ether oxygens (including phenoxy) is 1. The number of nitrogens with one attached hydrogen (secondary N) is 1. The Morgan fingerprint density at radius 1 is 1.26 bits per heavy atom. The third kappa shape index (κ3) is 3.69. The van der Waals surface area contributed by atoms with Gasteiger partial charge in [-0.1, -0.05) is 12.8 Å². The smallest absolute Gasteiger partial charge is 0.245 e. The number of likely N-dealkylation sites (tertiary alicyclic amines) is 1. The first-order valence-corrected chi connectivity index (χ1v) is 9.01. The van der Waals surface area contributed by atoms with Gasteiger partial charge in [0.1, 0.15) is 5.54 Å². The summed E-state index contributed by atoms with van der Waals surface area (Å²) in [4.78, 5) is 29.2. The Hall–Kier alpha value is -1.14. The third-order valence-electron chi connectivity index (χ3n) is 5.65. The maximum atomic E-state index is 12.8. The van der Waals surface area contributed by atoms with Crippen molar-refractivity contribution in [3.05, 3.63) is 0 Å². The van der Waals surface area contributed by atoms with Crippen LogP contribution in [0.15, 0.2) is 0 Å². The van der Waals surface area contributed by atoms with Gasteiger partial charge >= 0.3 is 0 Å². The van der Waals surface area contributed by atoms with Crippen molar-refractivity contribution < 1.29 is 14.3 Å². The second-order valence-corrected chi connectivity index (χ2v) is 7.23. The summed E-state index contributed by atoms with van der Waals surface area (Å²) in [5, 5.41) is 3.18. The van der Waals surface area contributed by atoms with Crippen LogP contribution < -0.4 is 5.32 Å². The number of hydrogen-bond acceptors (Lipinski definition) is 4. The Labute approximate surface area is 138 Å². The standard InChI is InChI=1S/C17H29N3O3/c1-17(16(22)18-14-4-2-3-5-14)7-6-15(21)20(17)9-8-19-10-12-23-13-11-19/h14H,2-13H2,1H3,(H,18,22). The summed E-state index contributed by atoms with van der Waals surface area (Å²) in [5.74, 6) is 0.152. The van der Waals surface area contributed by atoms with Crippen LogP contribution in [-0.4, -0.2) is 72.6 Å². The summed E-state index contributed by atoms with van der Waals surface area (Å²) in [7, 11) is 0. The molecule has 23 heavy (non-hydrogen) atoms. The third-order valence-corrected chi connectivity index (χ3v) is 5.65. The van der Waals surface area contributed by atoms with Gasteiger partial charge in [-0.05, 0) is 26.2 Å². The molecule has 130 valence electrons. The Morgan fingerprint density at radius 3 is 2.65 bits per heavy atom. The summed E-state index contributed by atoms with van der Waals surface area (Å²) in [6, 6.07) is 0.302. The van der Waals surface area contributed by atoms with Gasteiger partial charge < -0.3 is 15.0 Å². The van der Waals surface area contributed by atoms with Gasteiger partial charge in [-0.15, -0.1) is 0 Å². The number of morpholine rings is 1.